The Kier molecular flexibility index (Phi) is 4.49. The number of methoxy groups -OCH3 is 1. The quantitative estimate of drug-likeness (QED) is 0.843. The molecule has 6 nitrogen and oxygen atoms in total. The highest BCUT2D eigenvalue weighted by Gasteiger charge is 2.07. The summed E-state index contributed by atoms with van der Waals surface area (Å²) < 4.78 is 9.91. The van der Waals surface area contributed by atoms with Gasteiger partial charge in [0.1, 0.15) is 11.6 Å². The van der Waals surface area contributed by atoms with E-state index in [1.807, 2.05) is 31.2 Å². The molecule has 2 rings (SSSR count). The number of hydrogen-bond acceptors (Lipinski definition) is 6. The monoisotopic (exact) mass is 273 g/mol. The first-order valence-electron chi connectivity index (χ1n) is 6.13. The van der Waals surface area contributed by atoms with Crippen molar-refractivity contribution in [1.82, 2.24) is 9.97 Å². The molecule has 0 bridgehead atoms. The average molecular weight is 273 g/mol. The molecule has 1 aromatic carbocycles. The summed E-state index contributed by atoms with van der Waals surface area (Å²) in [5.41, 5.74) is 1.03. The Morgan fingerprint density at radius 1 is 1.20 bits per heavy atom. The van der Waals surface area contributed by atoms with E-state index in [4.69, 9.17) is 4.74 Å². The summed E-state index contributed by atoms with van der Waals surface area (Å²) in [6.07, 6.45) is 2.84. The standard InChI is InChI=1S/C14H15N3O3/c1-3-20-11-6-4-10(5-7-11)17-13-9-15-12(8-16-13)14(18)19-2/h4-9H,3H2,1-2H3,(H,16,17). The van der Waals surface area contributed by atoms with Crippen LogP contribution in [0.4, 0.5) is 11.5 Å². The van der Waals surface area contributed by atoms with Crippen molar-refractivity contribution in [2.45, 2.75) is 6.92 Å². The molecule has 20 heavy (non-hydrogen) atoms. The van der Waals surface area contributed by atoms with Crippen LogP contribution < -0.4 is 10.1 Å². The maximum absolute atomic E-state index is 11.2. The lowest BCUT2D eigenvalue weighted by Gasteiger charge is -2.07. The lowest BCUT2D eigenvalue weighted by atomic mass is 10.3. The van der Waals surface area contributed by atoms with Crippen molar-refractivity contribution in [1.29, 1.82) is 0 Å². The first-order chi connectivity index (χ1) is 9.72. The van der Waals surface area contributed by atoms with Crippen molar-refractivity contribution in [3.05, 3.63) is 42.4 Å². The van der Waals surface area contributed by atoms with E-state index in [1.54, 1.807) is 0 Å². The van der Waals surface area contributed by atoms with Crippen LogP contribution in [0.5, 0.6) is 5.75 Å². The third-order valence-corrected chi connectivity index (χ3v) is 2.48. The van der Waals surface area contributed by atoms with E-state index < -0.39 is 5.97 Å². The highest BCUT2D eigenvalue weighted by Crippen LogP contribution is 2.18. The molecule has 104 valence electrons. The highest BCUT2D eigenvalue weighted by atomic mass is 16.5. The number of benzene rings is 1. The molecule has 0 saturated carbocycles. The molecule has 1 heterocycles. The van der Waals surface area contributed by atoms with E-state index in [2.05, 4.69) is 20.0 Å². The van der Waals surface area contributed by atoms with Gasteiger partial charge in [-0.2, -0.15) is 0 Å². The van der Waals surface area contributed by atoms with Crippen molar-refractivity contribution in [3.63, 3.8) is 0 Å². The van der Waals surface area contributed by atoms with Gasteiger partial charge in [0.05, 0.1) is 26.1 Å². The number of esters is 1. The lowest BCUT2D eigenvalue weighted by Crippen LogP contribution is -2.05. The SMILES string of the molecule is CCOc1ccc(Nc2cnc(C(=O)OC)cn2)cc1. The minimum atomic E-state index is -0.509. The zero-order valence-corrected chi connectivity index (χ0v) is 11.3. The number of ether oxygens (including phenoxy) is 2. The van der Waals surface area contributed by atoms with E-state index in [0.29, 0.717) is 12.4 Å². The average Bonchev–Trinajstić information content (AvgIpc) is 2.49. The third kappa shape index (κ3) is 3.44. The second kappa shape index (κ2) is 6.51. The topological polar surface area (TPSA) is 73.3 Å². The molecule has 0 fully saturated rings. The Labute approximate surface area is 116 Å². The van der Waals surface area contributed by atoms with Crippen LogP contribution in [0.25, 0.3) is 0 Å². The van der Waals surface area contributed by atoms with Gasteiger partial charge in [0, 0.05) is 5.69 Å². The summed E-state index contributed by atoms with van der Waals surface area (Å²) in [6, 6.07) is 7.48. The Balaban J connectivity index is 2.04. The molecule has 1 N–H and O–H groups in total. The molecule has 0 radical (unpaired) electrons. The van der Waals surface area contributed by atoms with E-state index in [1.165, 1.54) is 19.5 Å². The van der Waals surface area contributed by atoms with Crippen LogP contribution in [-0.2, 0) is 4.74 Å². The maximum atomic E-state index is 11.2. The van der Waals surface area contributed by atoms with Gasteiger partial charge in [0.2, 0.25) is 0 Å². The first kappa shape index (κ1) is 13.8. The van der Waals surface area contributed by atoms with Gasteiger partial charge in [-0.3, -0.25) is 0 Å². The Bertz CT molecular complexity index is 567. The van der Waals surface area contributed by atoms with Gasteiger partial charge in [-0.15, -0.1) is 0 Å². The molecule has 0 aliphatic heterocycles. The summed E-state index contributed by atoms with van der Waals surface area (Å²) in [5.74, 6) is 0.845. The number of aromatic nitrogens is 2. The van der Waals surface area contributed by atoms with Gasteiger partial charge in [0.25, 0.3) is 0 Å². The summed E-state index contributed by atoms with van der Waals surface area (Å²) in [7, 11) is 1.30. The van der Waals surface area contributed by atoms with E-state index in [0.717, 1.165) is 11.4 Å². The fourth-order valence-electron chi connectivity index (χ4n) is 1.55. The molecule has 0 saturated heterocycles. The third-order valence-electron chi connectivity index (χ3n) is 2.48. The first-order valence-corrected chi connectivity index (χ1v) is 6.13. The van der Waals surface area contributed by atoms with Crippen LogP contribution in [0.1, 0.15) is 17.4 Å². The molecule has 0 unspecified atom stereocenters. The molecule has 0 aliphatic carbocycles. The van der Waals surface area contributed by atoms with Crippen LogP contribution in [0, 0.1) is 0 Å². The molecule has 1 aromatic heterocycles. The summed E-state index contributed by atoms with van der Waals surface area (Å²) in [6.45, 7) is 2.57. The van der Waals surface area contributed by atoms with Crippen LogP contribution in [0.3, 0.4) is 0 Å². The number of carbonyl (C=O) groups is 1. The summed E-state index contributed by atoms with van der Waals surface area (Å²) in [4.78, 5) is 19.3. The molecular weight excluding hydrogens is 258 g/mol. The number of anilines is 2. The van der Waals surface area contributed by atoms with Crippen molar-refractivity contribution in [2.24, 2.45) is 0 Å². The normalized spacial score (nSPS) is 9.90. The number of nitrogens with one attached hydrogen (secondary N) is 1. The van der Waals surface area contributed by atoms with Gasteiger partial charge in [-0.05, 0) is 31.2 Å². The number of carbonyl (C=O) groups excluding carboxylic acids is 1. The minimum Gasteiger partial charge on any atom is -0.494 e. The van der Waals surface area contributed by atoms with Crippen molar-refractivity contribution in [2.75, 3.05) is 19.0 Å². The molecule has 2 aromatic rings. The van der Waals surface area contributed by atoms with Crippen LogP contribution >= 0.6 is 0 Å². The van der Waals surface area contributed by atoms with Gasteiger partial charge >= 0.3 is 5.97 Å². The molecule has 6 heteroatoms. The van der Waals surface area contributed by atoms with Gasteiger partial charge in [-0.1, -0.05) is 0 Å². The largest absolute Gasteiger partial charge is 0.494 e. The Morgan fingerprint density at radius 2 is 1.95 bits per heavy atom. The molecule has 0 amide bonds. The molecule has 0 spiro atoms. The smallest absolute Gasteiger partial charge is 0.358 e. The number of rotatable bonds is 5. The van der Waals surface area contributed by atoms with Crippen molar-refractivity contribution >= 4 is 17.5 Å². The van der Waals surface area contributed by atoms with E-state index in [9.17, 15) is 4.79 Å². The van der Waals surface area contributed by atoms with E-state index >= 15 is 0 Å². The second-order valence-electron chi connectivity index (χ2n) is 3.86. The van der Waals surface area contributed by atoms with Crippen molar-refractivity contribution < 1.29 is 14.3 Å². The van der Waals surface area contributed by atoms with Crippen molar-refractivity contribution in [3.8, 4) is 5.75 Å². The predicted octanol–water partition coefficient (Wildman–Crippen LogP) is 2.41. The van der Waals surface area contributed by atoms with Gasteiger partial charge in [-0.25, -0.2) is 14.8 Å². The summed E-state index contributed by atoms with van der Waals surface area (Å²) in [5, 5.41) is 3.08. The lowest BCUT2D eigenvalue weighted by molar-refractivity contribution is 0.0593. The fraction of sp³-hybridized carbons (Fsp3) is 0.214. The Morgan fingerprint density at radius 3 is 2.50 bits per heavy atom. The van der Waals surface area contributed by atoms with Crippen LogP contribution in [0.15, 0.2) is 36.7 Å². The zero-order valence-electron chi connectivity index (χ0n) is 11.3. The fourth-order valence-corrected chi connectivity index (χ4v) is 1.55. The summed E-state index contributed by atoms with van der Waals surface area (Å²) >= 11 is 0. The maximum Gasteiger partial charge on any atom is 0.358 e. The zero-order chi connectivity index (χ0) is 14.4. The van der Waals surface area contributed by atoms with Gasteiger partial charge in [0.15, 0.2) is 5.69 Å². The molecule has 0 atom stereocenters. The Hall–Kier alpha value is -2.63. The number of nitrogens with zero attached hydrogens (tertiary/aromatic N) is 2. The predicted molar refractivity (Wildman–Crippen MR) is 74.3 cm³/mol. The van der Waals surface area contributed by atoms with Crippen LogP contribution in [-0.4, -0.2) is 29.7 Å². The second-order valence-corrected chi connectivity index (χ2v) is 3.86. The highest BCUT2D eigenvalue weighted by molar-refractivity contribution is 5.86. The van der Waals surface area contributed by atoms with E-state index in [-0.39, 0.29) is 5.69 Å². The minimum absolute atomic E-state index is 0.171. The molecule has 0 aliphatic rings. The number of hydrogen-bond donors (Lipinski definition) is 1. The molecular formula is C14H15N3O3. The van der Waals surface area contributed by atoms with Crippen LogP contribution in [0.2, 0.25) is 0 Å². The van der Waals surface area contributed by atoms with Gasteiger partial charge < -0.3 is 14.8 Å².